The molecule has 1 aliphatic heterocycles. The Bertz CT molecular complexity index is 645. The molecule has 7 heteroatoms. The third kappa shape index (κ3) is 2.57. The number of carbonyl (C=O) groups is 1. The molecule has 1 aromatic heterocycles. The average Bonchev–Trinajstić information content (AvgIpc) is 2.94. The number of rotatable bonds is 3. The van der Waals surface area contributed by atoms with Crippen molar-refractivity contribution >= 4 is 40.2 Å². The number of amides is 1. The number of nitrogens with one attached hydrogen (secondary N) is 2. The number of halogens is 1. The Morgan fingerprint density at radius 3 is 3.15 bits per heavy atom. The van der Waals surface area contributed by atoms with E-state index in [9.17, 15) is 4.79 Å². The summed E-state index contributed by atoms with van der Waals surface area (Å²) in [6, 6.07) is 3.51. The van der Waals surface area contributed by atoms with Crippen LogP contribution in [0.1, 0.15) is 18.7 Å². The minimum atomic E-state index is -0.176. The molecule has 0 aliphatic carbocycles. The molecule has 2 aromatic rings. The van der Waals surface area contributed by atoms with Crippen LogP contribution in [0.2, 0.25) is 5.02 Å². The Kier molecular flexibility index (Phi) is 3.50. The minimum Gasteiger partial charge on any atom is -0.482 e. The molecule has 0 fully saturated rings. The maximum atomic E-state index is 11.3. The van der Waals surface area contributed by atoms with Crippen LogP contribution in [0.5, 0.6) is 5.75 Å². The van der Waals surface area contributed by atoms with Gasteiger partial charge in [0.25, 0.3) is 5.91 Å². The summed E-state index contributed by atoms with van der Waals surface area (Å²) in [7, 11) is 0. The summed E-state index contributed by atoms with van der Waals surface area (Å²) in [5, 5.41) is 8.53. The van der Waals surface area contributed by atoms with Crippen molar-refractivity contribution in [2.45, 2.75) is 13.0 Å². The van der Waals surface area contributed by atoms with Gasteiger partial charge in [0.15, 0.2) is 6.61 Å². The van der Waals surface area contributed by atoms with Crippen molar-refractivity contribution in [1.82, 2.24) is 4.98 Å². The molecule has 0 radical (unpaired) electrons. The SMILES string of the molecule is CC(Nc1cc2c(cc1Cl)NC(=O)CO2)c1cscn1. The summed E-state index contributed by atoms with van der Waals surface area (Å²) in [4.78, 5) is 15.5. The summed E-state index contributed by atoms with van der Waals surface area (Å²) in [5.74, 6) is 0.437. The fourth-order valence-electron chi connectivity index (χ4n) is 1.95. The number of hydrogen-bond acceptors (Lipinski definition) is 5. The number of hydrogen-bond donors (Lipinski definition) is 2. The van der Waals surface area contributed by atoms with Gasteiger partial charge >= 0.3 is 0 Å². The molecular weight excluding hydrogens is 298 g/mol. The molecular formula is C13H12ClN3O2S. The monoisotopic (exact) mass is 309 g/mol. The summed E-state index contributed by atoms with van der Waals surface area (Å²) >= 11 is 7.78. The van der Waals surface area contributed by atoms with Gasteiger partial charge < -0.3 is 15.4 Å². The van der Waals surface area contributed by atoms with E-state index in [1.807, 2.05) is 12.3 Å². The highest BCUT2D eigenvalue weighted by molar-refractivity contribution is 7.07. The summed E-state index contributed by atoms with van der Waals surface area (Å²) in [5.41, 5.74) is 4.10. The van der Waals surface area contributed by atoms with Gasteiger partial charge in [0.1, 0.15) is 5.75 Å². The van der Waals surface area contributed by atoms with Gasteiger partial charge in [0, 0.05) is 11.4 Å². The second-order valence-corrected chi connectivity index (χ2v) is 5.57. The van der Waals surface area contributed by atoms with Crippen LogP contribution in [0.15, 0.2) is 23.0 Å². The van der Waals surface area contributed by atoms with E-state index in [1.54, 1.807) is 29.0 Å². The van der Waals surface area contributed by atoms with Gasteiger partial charge in [0.2, 0.25) is 0 Å². The molecule has 1 unspecified atom stereocenters. The Hall–Kier alpha value is -1.79. The van der Waals surface area contributed by atoms with Crippen LogP contribution in [-0.2, 0) is 4.79 Å². The Balaban J connectivity index is 1.85. The maximum Gasteiger partial charge on any atom is 0.262 e. The average molecular weight is 310 g/mol. The van der Waals surface area contributed by atoms with Gasteiger partial charge in [-0.1, -0.05) is 11.6 Å². The number of thiazole rings is 1. The van der Waals surface area contributed by atoms with Gasteiger partial charge in [-0.25, -0.2) is 4.98 Å². The molecule has 1 atom stereocenters. The number of benzene rings is 1. The lowest BCUT2D eigenvalue weighted by molar-refractivity contribution is -0.118. The highest BCUT2D eigenvalue weighted by Crippen LogP contribution is 2.37. The second kappa shape index (κ2) is 5.30. The smallest absolute Gasteiger partial charge is 0.262 e. The Labute approximate surface area is 124 Å². The van der Waals surface area contributed by atoms with Crippen LogP contribution >= 0.6 is 22.9 Å². The van der Waals surface area contributed by atoms with Crippen LogP contribution in [0.3, 0.4) is 0 Å². The molecule has 1 amide bonds. The first-order valence-corrected chi connectivity index (χ1v) is 7.36. The van der Waals surface area contributed by atoms with E-state index in [-0.39, 0.29) is 18.6 Å². The molecule has 104 valence electrons. The maximum absolute atomic E-state index is 11.3. The lowest BCUT2D eigenvalue weighted by atomic mass is 10.2. The van der Waals surface area contributed by atoms with Gasteiger partial charge in [-0.2, -0.15) is 0 Å². The molecule has 0 spiro atoms. The predicted molar refractivity (Wildman–Crippen MR) is 79.7 cm³/mol. The lowest BCUT2D eigenvalue weighted by Gasteiger charge is -2.21. The Morgan fingerprint density at radius 2 is 2.40 bits per heavy atom. The summed E-state index contributed by atoms with van der Waals surface area (Å²) in [6.07, 6.45) is 0. The zero-order valence-electron chi connectivity index (χ0n) is 10.6. The quantitative estimate of drug-likeness (QED) is 0.913. The third-order valence-corrected chi connectivity index (χ3v) is 3.89. The van der Waals surface area contributed by atoms with Gasteiger partial charge in [-0.05, 0) is 13.0 Å². The summed E-state index contributed by atoms with van der Waals surface area (Å²) in [6.45, 7) is 2.03. The van der Waals surface area contributed by atoms with E-state index in [1.165, 1.54) is 0 Å². The highest BCUT2D eigenvalue weighted by Gasteiger charge is 2.19. The standard InChI is InChI=1S/C13H12ClN3O2S/c1-7(11-5-20-6-15-11)16-9-3-12-10(2-8(9)14)17-13(18)4-19-12/h2-3,5-7,16H,4H2,1H3,(H,17,18). The minimum absolute atomic E-state index is 0.0235. The van der Waals surface area contributed by atoms with Gasteiger partial charge in [-0.3, -0.25) is 4.79 Å². The largest absolute Gasteiger partial charge is 0.482 e. The number of carbonyl (C=O) groups excluding carboxylic acids is 1. The Morgan fingerprint density at radius 1 is 1.55 bits per heavy atom. The van der Waals surface area contributed by atoms with Crippen LogP contribution in [0.25, 0.3) is 0 Å². The van der Waals surface area contributed by atoms with Crippen molar-refractivity contribution in [3.8, 4) is 5.75 Å². The molecule has 0 saturated heterocycles. The number of fused-ring (bicyclic) bond motifs is 1. The van der Waals surface area contributed by atoms with E-state index in [2.05, 4.69) is 15.6 Å². The van der Waals surface area contributed by atoms with Crippen LogP contribution < -0.4 is 15.4 Å². The molecule has 1 aromatic carbocycles. The second-order valence-electron chi connectivity index (χ2n) is 4.44. The number of nitrogens with zero attached hydrogens (tertiary/aromatic N) is 1. The van der Waals surface area contributed by atoms with Crippen LogP contribution in [-0.4, -0.2) is 17.5 Å². The normalized spacial score (nSPS) is 15.0. The molecule has 0 bridgehead atoms. The zero-order chi connectivity index (χ0) is 14.1. The van der Waals surface area contributed by atoms with E-state index in [4.69, 9.17) is 16.3 Å². The predicted octanol–water partition coefficient (Wildman–Crippen LogP) is 3.30. The first-order chi connectivity index (χ1) is 9.63. The summed E-state index contributed by atoms with van der Waals surface area (Å²) < 4.78 is 5.38. The van der Waals surface area contributed by atoms with E-state index in [0.717, 1.165) is 11.4 Å². The highest BCUT2D eigenvalue weighted by atomic mass is 35.5. The van der Waals surface area contributed by atoms with Crippen molar-refractivity contribution in [3.05, 3.63) is 33.7 Å². The van der Waals surface area contributed by atoms with E-state index in [0.29, 0.717) is 16.5 Å². The molecule has 5 nitrogen and oxygen atoms in total. The van der Waals surface area contributed by atoms with Crippen molar-refractivity contribution in [2.75, 3.05) is 17.2 Å². The number of ether oxygens (including phenoxy) is 1. The molecule has 3 rings (SSSR count). The molecule has 2 N–H and O–H groups in total. The molecule has 1 aliphatic rings. The van der Waals surface area contributed by atoms with Crippen LogP contribution in [0.4, 0.5) is 11.4 Å². The fraction of sp³-hybridized carbons (Fsp3) is 0.231. The van der Waals surface area contributed by atoms with E-state index >= 15 is 0 Å². The fourth-order valence-corrected chi connectivity index (χ4v) is 2.82. The van der Waals surface area contributed by atoms with Gasteiger partial charge in [0.05, 0.1) is 33.6 Å². The first-order valence-electron chi connectivity index (χ1n) is 6.04. The number of anilines is 2. The molecule has 0 saturated carbocycles. The lowest BCUT2D eigenvalue weighted by Crippen LogP contribution is -2.25. The van der Waals surface area contributed by atoms with Gasteiger partial charge in [-0.15, -0.1) is 11.3 Å². The first kappa shape index (κ1) is 13.2. The van der Waals surface area contributed by atoms with E-state index < -0.39 is 0 Å². The van der Waals surface area contributed by atoms with Crippen molar-refractivity contribution in [1.29, 1.82) is 0 Å². The molecule has 20 heavy (non-hydrogen) atoms. The van der Waals surface area contributed by atoms with Crippen molar-refractivity contribution < 1.29 is 9.53 Å². The zero-order valence-corrected chi connectivity index (χ0v) is 12.2. The third-order valence-electron chi connectivity index (χ3n) is 2.97. The number of aromatic nitrogens is 1. The van der Waals surface area contributed by atoms with Crippen molar-refractivity contribution in [2.24, 2.45) is 0 Å². The van der Waals surface area contributed by atoms with Crippen molar-refractivity contribution in [3.63, 3.8) is 0 Å². The topological polar surface area (TPSA) is 63.2 Å². The van der Waals surface area contributed by atoms with Crippen LogP contribution in [0, 0.1) is 0 Å². The molecule has 2 heterocycles.